The third kappa shape index (κ3) is 4.31. The number of methoxy groups -OCH3 is 1. The minimum atomic E-state index is -3.94. The summed E-state index contributed by atoms with van der Waals surface area (Å²) < 4.78 is 34.6. The maximum atomic E-state index is 13.4. The lowest BCUT2D eigenvalue weighted by Gasteiger charge is -2.40. The molecule has 2 amide bonds. The number of ether oxygens (including phenoxy) is 1. The highest BCUT2D eigenvalue weighted by molar-refractivity contribution is 7.89. The van der Waals surface area contributed by atoms with Crippen molar-refractivity contribution in [2.75, 3.05) is 33.4 Å². The van der Waals surface area contributed by atoms with Crippen LogP contribution in [0.2, 0.25) is 5.02 Å². The Bertz CT molecular complexity index is 1290. The normalized spacial score (nSPS) is 26.0. The Balaban J connectivity index is 1.35. The number of amides is 2. The molecule has 2 aromatic rings. The number of carbonyl (C=O) groups is 2. The van der Waals surface area contributed by atoms with Crippen molar-refractivity contribution in [3.63, 3.8) is 0 Å². The predicted octanol–water partition coefficient (Wildman–Crippen LogP) is 1.70. The van der Waals surface area contributed by atoms with E-state index < -0.39 is 21.7 Å². The van der Waals surface area contributed by atoms with Gasteiger partial charge in [-0.3, -0.25) is 14.9 Å². The van der Waals surface area contributed by atoms with Gasteiger partial charge in [-0.25, -0.2) is 8.42 Å². The van der Waals surface area contributed by atoms with Crippen LogP contribution in [-0.4, -0.2) is 80.6 Å². The Morgan fingerprint density at radius 1 is 1.20 bits per heavy atom. The van der Waals surface area contributed by atoms with Gasteiger partial charge in [-0.1, -0.05) is 23.7 Å². The summed E-state index contributed by atoms with van der Waals surface area (Å²) >= 11 is 6.03. The molecule has 188 valence electrons. The Labute approximate surface area is 209 Å². The number of nitrogens with one attached hydrogen (secondary N) is 2. The first-order valence-electron chi connectivity index (χ1n) is 11.6. The SMILES string of the molecule is COC[C@@]12CC(NS(=O)(=O)c3ccc4cc(Cl)ccc4c3)C(=O)N1CC1(CCN(C(C)=O)CC1)N2. The van der Waals surface area contributed by atoms with Gasteiger partial charge in [0.05, 0.1) is 11.5 Å². The largest absolute Gasteiger partial charge is 0.381 e. The lowest BCUT2D eigenvalue weighted by atomic mass is 9.87. The molecule has 35 heavy (non-hydrogen) atoms. The number of rotatable bonds is 5. The highest BCUT2D eigenvalue weighted by atomic mass is 35.5. The number of hydrogen-bond acceptors (Lipinski definition) is 6. The van der Waals surface area contributed by atoms with Gasteiger partial charge < -0.3 is 14.5 Å². The van der Waals surface area contributed by atoms with E-state index >= 15 is 0 Å². The molecule has 0 bridgehead atoms. The van der Waals surface area contributed by atoms with Crippen LogP contribution in [0.15, 0.2) is 41.3 Å². The Hall–Kier alpha value is -2.24. The second-order valence-electron chi connectivity index (χ2n) is 9.83. The summed E-state index contributed by atoms with van der Waals surface area (Å²) in [5.74, 6) is -0.219. The Kier molecular flexibility index (Phi) is 6.08. The zero-order valence-corrected chi connectivity index (χ0v) is 21.3. The summed E-state index contributed by atoms with van der Waals surface area (Å²) in [7, 11) is -2.37. The van der Waals surface area contributed by atoms with Crippen molar-refractivity contribution < 1.29 is 22.7 Å². The van der Waals surface area contributed by atoms with Gasteiger partial charge in [0.2, 0.25) is 21.8 Å². The van der Waals surface area contributed by atoms with Crippen LogP contribution in [0.3, 0.4) is 0 Å². The topological polar surface area (TPSA) is 108 Å². The first kappa shape index (κ1) is 24.5. The number of nitrogens with zero attached hydrogens (tertiary/aromatic N) is 2. The average molecular weight is 521 g/mol. The molecule has 0 radical (unpaired) electrons. The Morgan fingerprint density at radius 3 is 2.57 bits per heavy atom. The van der Waals surface area contributed by atoms with E-state index in [1.165, 1.54) is 6.07 Å². The van der Waals surface area contributed by atoms with Crippen molar-refractivity contribution in [2.24, 2.45) is 0 Å². The minimum Gasteiger partial charge on any atom is -0.381 e. The van der Waals surface area contributed by atoms with Gasteiger partial charge in [0.15, 0.2) is 0 Å². The molecule has 3 saturated heterocycles. The standard InChI is InChI=1S/C24H29ClN4O5S/c1-16(30)28-9-7-23(8-10-28)14-29-22(31)21(13-24(29,27-23)15-34-2)26-35(32,33)20-6-4-17-11-19(25)5-3-18(17)12-20/h3-6,11-12,21,26-27H,7-10,13-15H2,1-2H3/t21?,24-/m1/s1. The van der Waals surface area contributed by atoms with Crippen molar-refractivity contribution in [3.8, 4) is 0 Å². The molecule has 9 nitrogen and oxygen atoms in total. The molecule has 2 N–H and O–H groups in total. The molecule has 3 aliphatic heterocycles. The van der Waals surface area contributed by atoms with Crippen LogP contribution < -0.4 is 10.0 Å². The number of benzene rings is 2. The fraction of sp³-hybridized carbons (Fsp3) is 0.500. The number of sulfonamides is 1. The molecule has 2 atom stereocenters. The highest BCUT2D eigenvalue weighted by Crippen LogP contribution is 2.41. The lowest BCUT2D eigenvalue weighted by molar-refractivity contribution is -0.133. The van der Waals surface area contributed by atoms with Gasteiger partial charge in [0.25, 0.3) is 0 Å². The van der Waals surface area contributed by atoms with Gasteiger partial charge in [-0.15, -0.1) is 0 Å². The van der Waals surface area contributed by atoms with Gasteiger partial charge in [0, 0.05) is 50.7 Å². The maximum Gasteiger partial charge on any atom is 0.242 e. The second kappa shape index (κ2) is 8.70. The highest BCUT2D eigenvalue weighted by Gasteiger charge is 2.61. The van der Waals surface area contributed by atoms with E-state index in [1.807, 2.05) is 4.90 Å². The molecule has 0 aromatic heterocycles. The quantitative estimate of drug-likeness (QED) is 0.621. The van der Waals surface area contributed by atoms with E-state index in [1.54, 1.807) is 49.3 Å². The monoisotopic (exact) mass is 520 g/mol. The molecule has 1 unspecified atom stereocenters. The molecular formula is C24H29ClN4O5S. The third-order valence-corrected chi connectivity index (χ3v) is 9.22. The number of carbonyl (C=O) groups excluding carboxylic acids is 2. The van der Waals surface area contributed by atoms with Crippen molar-refractivity contribution in [1.29, 1.82) is 0 Å². The van der Waals surface area contributed by atoms with Crippen LogP contribution in [0.5, 0.6) is 0 Å². The molecule has 2 aromatic carbocycles. The van der Waals surface area contributed by atoms with Gasteiger partial charge in [-0.2, -0.15) is 4.72 Å². The van der Waals surface area contributed by atoms with E-state index in [9.17, 15) is 18.0 Å². The number of hydrogen-bond donors (Lipinski definition) is 2. The van der Waals surface area contributed by atoms with Crippen molar-refractivity contribution in [2.45, 2.75) is 48.3 Å². The van der Waals surface area contributed by atoms with Gasteiger partial charge in [-0.05, 0) is 47.9 Å². The van der Waals surface area contributed by atoms with Crippen LogP contribution in [0.1, 0.15) is 26.2 Å². The third-order valence-electron chi connectivity index (χ3n) is 7.51. The summed E-state index contributed by atoms with van der Waals surface area (Å²) in [6, 6.07) is 9.14. The van der Waals surface area contributed by atoms with Crippen LogP contribution >= 0.6 is 11.6 Å². The first-order chi connectivity index (χ1) is 16.6. The van der Waals surface area contributed by atoms with E-state index in [-0.39, 0.29) is 35.3 Å². The molecule has 11 heteroatoms. The molecule has 3 fully saturated rings. The lowest BCUT2D eigenvalue weighted by Crippen LogP contribution is -2.59. The number of piperidine rings is 1. The fourth-order valence-electron chi connectivity index (χ4n) is 5.77. The van der Waals surface area contributed by atoms with E-state index in [2.05, 4.69) is 10.0 Å². The Morgan fingerprint density at radius 2 is 1.89 bits per heavy atom. The van der Waals surface area contributed by atoms with Crippen LogP contribution in [0.4, 0.5) is 0 Å². The van der Waals surface area contributed by atoms with Crippen molar-refractivity contribution >= 4 is 44.2 Å². The summed E-state index contributed by atoms with van der Waals surface area (Å²) in [4.78, 5) is 28.8. The molecular weight excluding hydrogens is 492 g/mol. The second-order valence-corrected chi connectivity index (χ2v) is 12.0. The van der Waals surface area contributed by atoms with E-state index in [0.717, 1.165) is 23.6 Å². The summed E-state index contributed by atoms with van der Waals surface area (Å²) in [5.41, 5.74) is -1.11. The minimum absolute atomic E-state index is 0.0484. The molecule has 3 aliphatic rings. The smallest absolute Gasteiger partial charge is 0.242 e. The molecule has 3 heterocycles. The summed E-state index contributed by atoms with van der Waals surface area (Å²) in [5, 5.41) is 5.80. The number of fused-ring (bicyclic) bond motifs is 2. The summed E-state index contributed by atoms with van der Waals surface area (Å²) in [6.45, 7) is 3.50. The molecule has 5 rings (SSSR count). The molecule has 0 aliphatic carbocycles. The van der Waals surface area contributed by atoms with Gasteiger partial charge >= 0.3 is 0 Å². The van der Waals surface area contributed by atoms with Crippen LogP contribution in [0, 0.1) is 0 Å². The fourth-order valence-corrected chi connectivity index (χ4v) is 7.18. The first-order valence-corrected chi connectivity index (χ1v) is 13.5. The average Bonchev–Trinajstić information content (AvgIpc) is 3.22. The summed E-state index contributed by atoms with van der Waals surface area (Å²) in [6.07, 6.45) is 1.69. The van der Waals surface area contributed by atoms with Crippen molar-refractivity contribution in [3.05, 3.63) is 41.4 Å². The molecule has 0 saturated carbocycles. The number of halogens is 1. The zero-order chi connectivity index (χ0) is 25.0. The van der Waals surface area contributed by atoms with Crippen LogP contribution in [-0.2, 0) is 24.3 Å². The van der Waals surface area contributed by atoms with E-state index in [0.29, 0.717) is 24.7 Å². The maximum absolute atomic E-state index is 13.4. The van der Waals surface area contributed by atoms with E-state index in [4.69, 9.17) is 16.3 Å². The zero-order valence-electron chi connectivity index (χ0n) is 19.7. The van der Waals surface area contributed by atoms with Gasteiger partial charge in [0.1, 0.15) is 11.7 Å². The number of likely N-dealkylation sites (tertiary alicyclic amines) is 1. The van der Waals surface area contributed by atoms with Crippen molar-refractivity contribution in [1.82, 2.24) is 19.8 Å². The molecule has 1 spiro atoms. The van der Waals surface area contributed by atoms with Crippen LogP contribution in [0.25, 0.3) is 10.8 Å². The predicted molar refractivity (Wildman–Crippen MR) is 131 cm³/mol.